The Kier molecular flexibility index (Phi) is 5.00. The molecule has 1 N–H and O–H groups in total. The van der Waals surface area contributed by atoms with Gasteiger partial charge in [-0.15, -0.1) is 11.3 Å². The van der Waals surface area contributed by atoms with Crippen molar-refractivity contribution in [3.8, 4) is 11.5 Å². The summed E-state index contributed by atoms with van der Waals surface area (Å²) in [7, 11) is -3.68. The van der Waals surface area contributed by atoms with Crippen molar-refractivity contribution in [2.45, 2.75) is 41.8 Å². The molecule has 0 saturated carbocycles. The fourth-order valence-electron chi connectivity index (χ4n) is 4.06. The van der Waals surface area contributed by atoms with E-state index in [-0.39, 0.29) is 15.9 Å². The quantitative estimate of drug-likeness (QED) is 0.649. The highest BCUT2D eigenvalue weighted by atomic mass is 32.2. The topological polar surface area (TPSA) is 77.5 Å². The molecule has 8 heteroatoms. The first-order chi connectivity index (χ1) is 14.5. The molecule has 5 rings (SSSR count). The Morgan fingerprint density at radius 2 is 2.10 bits per heavy atom. The third kappa shape index (κ3) is 3.59. The molecule has 0 amide bonds. The molecule has 0 aliphatic carbocycles. The molecule has 2 atom stereocenters. The van der Waals surface area contributed by atoms with Crippen molar-refractivity contribution in [1.82, 2.24) is 10.3 Å². The third-order valence-electron chi connectivity index (χ3n) is 5.57. The molecule has 0 bridgehead atoms. The van der Waals surface area contributed by atoms with Crippen molar-refractivity contribution in [1.29, 1.82) is 0 Å². The Bertz CT molecular complexity index is 1190. The van der Waals surface area contributed by atoms with Gasteiger partial charge in [-0.3, -0.25) is 0 Å². The van der Waals surface area contributed by atoms with Crippen molar-refractivity contribution in [2.24, 2.45) is 0 Å². The lowest BCUT2D eigenvalue weighted by molar-refractivity contribution is 0.176. The van der Waals surface area contributed by atoms with Crippen LogP contribution in [0.15, 0.2) is 57.6 Å². The fourth-order valence-corrected chi connectivity index (χ4v) is 5.97. The van der Waals surface area contributed by atoms with E-state index in [0.717, 1.165) is 35.8 Å². The van der Waals surface area contributed by atoms with E-state index in [0.29, 0.717) is 24.0 Å². The number of aromatic nitrogens is 1. The summed E-state index contributed by atoms with van der Waals surface area (Å²) >= 11 is 1.56. The van der Waals surface area contributed by atoms with Gasteiger partial charge in [0.2, 0.25) is 9.84 Å². The lowest BCUT2D eigenvalue weighted by atomic mass is 9.90. The number of thiazole rings is 1. The van der Waals surface area contributed by atoms with Gasteiger partial charge < -0.3 is 14.8 Å². The minimum Gasteiger partial charge on any atom is -0.488 e. The number of sulfone groups is 1. The maximum atomic E-state index is 13.2. The third-order valence-corrected chi connectivity index (χ3v) is 8.14. The predicted octanol–water partition coefficient (Wildman–Crippen LogP) is 3.70. The Morgan fingerprint density at radius 1 is 1.23 bits per heavy atom. The molecule has 2 aliphatic rings. The first-order valence-corrected chi connectivity index (χ1v) is 12.3. The molecular weight excluding hydrogens is 420 g/mol. The van der Waals surface area contributed by atoms with Gasteiger partial charge in [0.15, 0.2) is 0 Å². The van der Waals surface area contributed by atoms with Crippen LogP contribution in [0.5, 0.6) is 11.5 Å². The van der Waals surface area contributed by atoms with Crippen LogP contribution in [-0.2, 0) is 16.4 Å². The van der Waals surface area contributed by atoms with Gasteiger partial charge in [-0.05, 0) is 50.2 Å². The van der Waals surface area contributed by atoms with Gasteiger partial charge in [-0.25, -0.2) is 13.4 Å². The molecule has 3 aromatic rings. The summed E-state index contributed by atoms with van der Waals surface area (Å²) in [6, 6.07) is 11.9. The van der Waals surface area contributed by atoms with Gasteiger partial charge in [0.25, 0.3) is 0 Å². The number of hydrogen-bond donors (Lipinski definition) is 1. The zero-order valence-corrected chi connectivity index (χ0v) is 18.1. The molecule has 30 heavy (non-hydrogen) atoms. The normalized spacial score (nSPS) is 20.3. The van der Waals surface area contributed by atoms with Gasteiger partial charge in [0.05, 0.1) is 20.5 Å². The largest absolute Gasteiger partial charge is 0.488 e. The Balaban J connectivity index is 1.39. The lowest BCUT2D eigenvalue weighted by Gasteiger charge is -2.24. The van der Waals surface area contributed by atoms with Gasteiger partial charge in [-0.1, -0.05) is 12.1 Å². The van der Waals surface area contributed by atoms with Gasteiger partial charge in [0.1, 0.15) is 24.2 Å². The van der Waals surface area contributed by atoms with Crippen molar-refractivity contribution >= 4 is 21.2 Å². The minimum absolute atomic E-state index is 0.0813. The van der Waals surface area contributed by atoms with E-state index in [1.165, 1.54) is 0 Å². The number of aryl methyl sites for hydroxylation is 1. The molecular formula is C22H22N2O4S2. The molecule has 2 unspecified atom stereocenters. The second kappa shape index (κ2) is 7.68. The summed E-state index contributed by atoms with van der Waals surface area (Å²) in [5, 5.41) is 6.24. The Morgan fingerprint density at radius 3 is 2.93 bits per heavy atom. The average Bonchev–Trinajstić information content (AvgIpc) is 3.35. The van der Waals surface area contributed by atoms with E-state index < -0.39 is 9.84 Å². The van der Waals surface area contributed by atoms with Crippen LogP contribution in [0.4, 0.5) is 0 Å². The SMILES string of the molecule is Cc1nc(COc2cccc(S(=O)(=O)c3ccc4c(c3)OC3CNCCC43)c2)cs1. The van der Waals surface area contributed by atoms with Crippen LogP contribution >= 0.6 is 11.3 Å². The van der Waals surface area contributed by atoms with E-state index in [9.17, 15) is 8.42 Å². The second-order valence-electron chi connectivity index (χ2n) is 7.58. The van der Waals surface area contributed by atoms with Crippen LogP contribution in [0.25, 0.3) is 0 Å². The van der Waals surface area contributed by atoms with E-state index >= 15 is 0 Å². The highest BCUT2D eigenvalue weighted by molar-refractivity contribution is 7.91. The standard InChI is InChI=1S/C22H22N2O4S2/c1-14-24-15(13-29-14)12-27-16-3-2-4-17(9-16)30(25,26)18-5-6-19-20-7-8-23-11-22(20)28-21(19)10-18/h2-6,9-10,13,20,22-23H,7-8,11-12H2,1H3. The number of hydrogen-bond acceptors (Lipinski definition) is 7. The fraction of sp³-hybridized carbons (Fsp3) is 0.318. The molecule has 1 saturated heterocycles. The molecule has 1 fully saturated rings. The number of nitrogens with zero attached hydrogens (tertiary/aromatic N) is 1. The zero-order valence-electron chi connectivity index (χ0n) is 16.5. The van der Waals surface area contributed by atoms with E-state index in [1.807, 2.05) is 18.4 Å². The number of benzene rings is 2. The number of fused-ring (bicyclic) bond motifs is 3. The second-order valence-corrected chi connectivity index (χ2v) is 10.6. The van der Waals surface area contributed by atoms with Crippen LogP contribution in [-0.4, -0.2) is 32.6 Å². The smallest absolute Gasteiger partial charge is 0.206 e. The van der Waals surface area contributed by atoms with Crippen molar-refractivity contribution in [2.75, 3.05) is 13.1 Å². The summed E-state index contributed by atoms with van der Waals surface area (Å²) in [5.41, 5.74) is 1.94. The first kappa shape index (κ1) is 19.5. The number of rotatable bonds is 5. The van der Waals surface area contributed by atoms with Crippen molar-refractivity contribution in [3.63, 3.8) is 0 Å². The van der Waals surface area contributed by atoms with E-state index in [2.05, 4.69) is 10.3 Å². The maximum Gasteiger partial charge on any atom is 0.206 e. The summed E-state index contributed by atoms with van der Waals surface area (Å²) in [6.07, 6.45) is 1.08. The minimum atomic E-state index is -3.68. The molecule has 2 aromatic carbocycles. The van der Waals surface area contributed by atoms with Gasteiger partial charge in [-0.2, -0.15) is 0 Å². The first-order valence-electron chi connectivity index (χ1n) is 9.91. The molecule has 0 radical (unpaired) electrons. The summed E-state index contributed by atoms with van der Waals surface area (Å²) in [4.78, 5) is 4.80. The maximum absolute atomic E-state index is 13.2. The molecule has 0 spiro atoms. The van der Waals surface area contributed by atoms with E-state index in [4.69, 9.17) is 9.47 Å². The Hall–Kier alpha value is -2.42. The molecule has 156 valence electrons. The number of ether oxygens (including phenoxy) is 2. The van der Waals surface area contributed by atoms with Crippen LogP contribution < -0.4 is 14.8 Å². The highest BCUT2D eigenvalue weighted by Crippen LogP contribution is 2.42. The molecule has 1 aromatic heterocycles. The van der Waals surface area contributed by atoms with Crippen molar-refractivity contribution in [3.05, 3.63) is 64.1 Å². The highest BCUT2D eigenvalue weighted by Gasteiger charge is 2.36. The number of nitrogens with one attached hydrogen (secondary N) is 1. The van der Waals surface area contributed by atoms with Gasteiger partial charge >= 0.3 is 0 Å². The van der Waals surface area contributed by atoms with E-state index in [1.54, 1.807) is 47.7 Å². The van der Waals surface area contributed by atoms with Crippen LogP contribution in [0.1, 0.15) is 28.6 Å². The molecule has 2 aliphatic heterocycles. The van der Waals surface area contributed by atoms with Gasteiger partial charge in [0, 0.05) is 23.4 Å². The average molecular weight is 443 g/mol. The number of piperidine rings is 1. The summed E-state index contributed by atoms with van der Waals surface area (Å²) < 4.78 is 38.3. The Labute approximate surface area is 179 Å². The monoisotopic (exact) mass is 442 g/mol. The van der Waals surface area contributed by atoms with Crippen LogP contribution in [0.2, 0.25) is 0 Å². The zero-order chi connectivity index (χ0) is 20.7. The predicted molar refractivity (Wildman–Crippen MR) is 114 cm³/mol. The van der Waals surface area contributed by atoms with Crippen LogP contribution in [0, 0.1) is 6.92 Å². The molecule has 3 heterocycles. The van der Waals surface area contributed by atoms with Crippen LogP contribution in [0.3, 0.4) is 0 Å². The molecule has 6 nitrogen and oxygen atoms in total. The summed E-state index contributed by atoms with van der Waals surface area (Å²) in [6.45, 7) is 3.99. The summed E-state index contributed by atoms with van der Waals surface area (Å²) in [5.74, 6) is 1.52. The van der Waals surface area contributed by atoms with Crippen molar-refractivity contribution < 1.29 is 17.9 Å². The lowest BCUT2D eigenvalue weighted by Crippen LogP contribution is -2.39.